The van der Waals surface area contributed by atoms with E-state index in [0.29, 0.717) is 11.6 Å². The Morgan fingerprint density at radius 2 is 2.10 bits per heavy atom. The minimum Gasteiger partial charge on any atom is -0.496 e. The summed E-state index contributed by atoms with van der Waals surface area (Å²) in [6.45, 7) is 1.81. The molecule has 0 aliphatic heterocycles. The lowest BCUT2D eigenvalue weighted by Gasteiger charge is -2.12. The van der Waals surface area contributed by atoms with Crippen molar-refractivity contribution in [3.8, 4) is 5.75 Å². The van der Waals surface area contributed by atoms with Crippen molar-refractivity contribution in [3.63, 3.8) is 0 Å². The molecule has 20 heavy (non-hydrogen) atoms. The number of nitrogen functional groups attached to an aromatic ring is 1. The van der Waals surface area contributed by atoms with Crippen LogP contribution in [0.3, 0.4) is 0 Å². The lowest BCUT2D eigenvalue weighted by molar-refractivity contribution is 0.281. The van der Waals surface area contributed by atoms with Gasteiger partial charge in [0.25, 0.3) is 0 Å². The highest BCUT2D eigenvalue weighted by molar-refractivity contribution is 6.30. The van der Waals surface area contributed by atoms with E-state index < -0.39 is 0 Å². The monoisotopic (exact) mass is 293 g/mol. The van der Waals surface area contributed by atoms with Gasteiger partial charge in [-0.05, 0) is 30.2 Å². The average molecular weight is 294 g/mol. The number of aromatic nitrogens is 2. The molecule has 0 unspecified atom stereocenters. The molecular weight excluding hydrogens is 278 g/mol. The average Bonchev–Trinajstić information content (AvgIpc) is 2.42. The largest absolute Gasteiger partial charge is 0.496 e. The van der Waals surface area contributed by atoms with Crippen LogP contribution in [0.1, 0.15) is 22.4 Å². The third-order valence-corrected chi connectivity index (χ3v) is 3.39. The first kappa shape index (κ1) is 14.6. The van der Waals surface area contributed by atoms with Crippen molar-refractivity contribution in [1.29, 1.82) is 0 Å². The fraction of sp³-hybridized carbons (Fsp3) is 0.286. The third-order valence-electron chi connectivity index (χ3n) is 3.08. The zero-order valence-corrected chi connectivity index (χ0v) is 12.1. The molecular formula is C14H16ClN3O2. The quantitative estimate of drug-likeness (QED) is 0.844. The van der Waals surface area contributed by atoms with Gasteiger partial charge < -0.3 is 15.6 Å². The Morgan fingerprint density at radius 1 is 1.35 bits per heavy atom. The van der Waals surface area contributed by atoms with Crippen LogP contribution in [0, 0.1) is 6.92 Å². The number of anilines is 1. The second-order valence-electron chi connectivity index (χ2n) is 4.42. The van der Waals surface area contributed by atoms with Gasteiger partial charge in [0.05, 0.1) is 13.7 Å². The topological polar surface area (TPSA) is 81.3 Å². The highest BCUT2D eigenvalue weighted by Gasteiger charge is 2.13. The van der Waals surface area contributed by atoms with Crippen LogP contribution in [0.4, 0.5) is 5.95 Å². The molecule has 0 bridgehead atoms. The molecule has 0 saturated heterocycles. The fourth-order valence-electron chi connectivity index (χ4n) is 2.04. The van der Waals surface area contributed by atoms with Crippen molar-refractivity contribution in [2.24, 2.45) is 0 Å². The maximum Gasteiger partial charge on any atom is 0.221 e. The molecule has 1 aromatic heterocycles. The van der Waals surface area contributed by atoms with E-state index in [0.717, 1.165) is 28.1 Å². The van der Waals surface area contributed by atoms with E-state index in [9.17, 15) is 5.11 Å². The molecule has 2 rings (SSSR count). The summed E-state index contributed by atoms with van der Waals surface area (Å²) in [6, 6.07) is 5.52. The van der Waals surface area contributed by atoms with Gasteiger partial charge in [-0.1, -0.05) is 17.7 Å². The zero-order chi connectivity index (χ0) is 14.7. The van der Waals surface area contributed by atoms with Crippen molar-refractivity contribution in [1.82, 2.24) is 9.97 Å². The maximum atomic E-state index is 9.23. The van der Waals surface area contributed by atoms with E-state index in [4.69, 9.17) is 22.1 Å². The molecule has 1 heterocycles. The van der Waals surface area contributed by atoms with Gasteiger partial charge in [0.15, 0.2) is 0 Å². The number of aliphatic hydroxyl groups is 1. The number of benzene rings is 1. The number of methoxy groups -OCH3 is 1. The van der Waals surface area contributed by atoms with Crippen molar-refractivity contribution in [2.45, 2.75) is 20.0 Å². The number of hydrogen-bond donors (Lipinski definition) is 2. The lowest BCUT2D eigenvalue weighted by atomic mass is 10.0. The number of halogens is 1. The van der Waals surface area contributed by atoms with E-state index >= 15 is 0 Å². The van der Waals surface area contributed by atoms with Crippen LogP contribution >= 0.6 is 11.6 Å². The lowest BCUT2D eigenvalue weighted by Crippen LogP contribution is -2.04. The molecule has 2 aromatic rings. The third kappa shape index (κ3) is 3.00. The number of nitrogens with zero attached hydrogens (tertiary/aromatic N) is 2. The van der Waals surface area contributed by atoms with Crippen LogP contribution in [-0.4, -0.2) is 22.2 Å². The summed E-state index contributed by atoms with van der Waals surface area (Å²) in [7, 11) is 1.60. The van der Waals surface area contributed by atoms with Gasteiger partial charge in [-0.15, -0.1) is 0 Å². The molecule has 0 amide bonds. The number of aryl methyl sites for hydroxylation is 1. The van der Waals surface area contributed by atoms with E-state index in [2.05, 4.69) is 9.97 Å². The van der Waals surface area contributed by atoms with Crippen LogP contribution in [0.15, 0.2) is 18.2 Å². The molecule has 5 nitrogen and oxygen atoms in total. The fourth-order valence-corrected chi connectivity index (χ4v) is 2.33. The Balaban J connectivity index is 2.44. The van der Waals surface area contributed by atoms with Crippen LogP contribution in [0.25, 0.3) is 0 Å². The number of ether oxygens (including phenoxy) is 1. The van der Waals surface area contributed by atoms with E-state index in [1.54, 1.807) is 7.11 Å². The second-order valence-corrected chi connectivity index (χ2v) is 4.78. The number of nitrogens with two attached hydrogens (primary N) is 1. The molecule has 6 heteroatoms. The number of aliphatic hydroxyl groups excluding tert-OH is 1. The van der Waals surface area contributed by atoms with E-state index in [1.807, 2.05) is 25.1 Å². The predicted molar refractivity (Wildman–Crippen MR) is 77.9 cm³/mol. The van der Waals surface area contributed by atoms with Gasteiger partial charge in [-0.3, -0.25) is 0 Å². The molecule has 0 spiro atoms. The normalized spacial score (nSPS) is 10.6. The van der Waals surface area contributed by atoms with Gasteiger partial charge in [0.2, 0.25) is 5.95 Å². The first-order valence-electron chi connectivity index (χ1n) is 6.10. The summed E-state index contributed by atoms with van der Waals surface area (Å²) in [5.74, 6) is 0.891. The zero-order valence-electron chi connectivity index (χ0n) is 11.4. The van der Waals surface area contributed by atoms with Crippen molar-refractivity contribution < 1.29 is 9.84 Å². The molecule has 0 atom stereocenters. The summed E-state index contributed by atoms with van der Waals surface area (Å²) >= 11 is 6.13. The highest BCUT2D eigenvalue weighted by Crippen LogP contribution is 2.27. The number of hydrogen-bond acceptors (Lipinski definition) is 5. The summed E-state index contributed by atoms with van der Waals surface area (Å²) in [5.41, 5.74) is 8.82. The van der Waals surface area contributed by atoms with Crippen molar-refractivity contribution in [3.05, 3.63) is 45.7 Å². The molecule has 3 N–H and O–H groups in total. The van der Waals surface area contributed by atoms with E-state index in [1.165, 1.54) is 0 Å². The second kappa shape index (κ2) is 6.07. The molecule has 0 fully saturated rings. The molecule has 0 aliphatic carbocycles. The van der Waals surface area contributed by atoms with Gasteiger partial charge in [-0.2, -0.15) is 0 Å². The van der Waals surface area contributed by atoms with Gasteiger partial charge in [0.1, 0.15) is 10.9 Å². The Hall–Kier alpha value is -1.85. The number of rotatable bonds is 4. The Bertz CT molecular complexity index is 609. The van der Waals surface area contributed by atoms with Crippen LogP contribution in [0.2, 0.25) is 5.15 Å². The first-order chi connectivity index (χ1) is 9.55. The molecule has 106 valence electrons. The summed E-state index contributed by atoms with van der Waals surface area (Å²) in [5, 5.41) is 9.57. The SMILES string of the molecule is COc1ccc(CO)cc1Cc1c(C)nc(N)nc1Cl. The summed E-state index contributed by atoms with van der Waals surface area (Å²) in [6.07, 6.45) is 0.516. The minimum atomic E-state index is -0.0258. The summed E-state index contributed by atoms with van der Waals surface area (Å²) < 4.78 is 5.33. The van der Waals surface area contributed by atoms with Crippen LogP contribution in [-0.2, 0) is 13.0 Å². The molecule has 0 aliphatic rings. The van der Waals surface area contributed by atoms with Crippen molar-refractivity contribution in [2.75, 3.05) is 12.8 Å². The molecule has 0 saturated carbocycles. The van der Waals surface area contributed by atoms with Crippen LogP contribution in [0.5, 0.6) is 5.75 Å². The smallest absolute Gasteiger partial charge is 0.221 e. The van der Waals surface area contributed by atoms with Gasteiger partial charge >= 0.3 is 0 Å². The predicted octanol–water partition coefficient (Wildman–Crippen LogP) is 2.11. The summed E-state index contributed by atoms with van der Waals surface area (Å²) in [4.78, 5) is 8.09. The van der Waals surface area contributed by atoms with Crippen LogP contribution < -0.4 is 10.5 Å². The van der Waals surface area contributed by atoms with Gasteiger partial charge in [0, 0.05) is 17.7 Å². The van der Waals surface area contributed by atoms with Crippen molar-refractivity contribution >= 4 is 17.5 Å². The maximum absolute atomic E-state index is 9.23. The first-order valence-corrected chi connectivity index (χ1v) is 6.48. The van der Waals surface area contributed by atoms with E-state index in [-0.39, 0.29) is 12.6 Å². The highest BCUT2D eigenvalue weighted by atomic mass is 35.5. The Labute approximate surface area is 122 Å². The molecule has 0 radical (unpaired) electrons. The van der Waals surface area contributed by atoms with Gasteiger partial charge in [-0.25, -0.2) is 9.97 Å². The minimum absolute atomic E-state index is 0.0258. The molecule has 1 aromatic carbocycles. The standard InChI is InChI=1S/C14H16ClN3O2/c1-8-11(13(15)18-14(16)17-8)6-10-5-9(7-19)3-4-12(10)20-2/h3-5,19H,6-7H2,1-2H3,(H2,16,17,18). The Morgan fingerprint density at radius 3 is 2.70 bits per heavy atom. The Kier molecular flexibility index (Phi) is 4.42.